The zero-order valence-corrected chi connectivity index (χ0v) is 17.7. The van der Waals surface area contributed by atoms with E-state index in [2.05, 4.69) is 26.1 Å². The van der Waals surface area contributed by atoms with Crippen LogP contribution in [0.4, 0.5) is 21.7 Å². The van der Waals surface area contributed by atoms with Crippen LogP contribution in [0, 0.1) is 11.7 Å². The van der Waals surface area contributed by atoms with Crippen LogP contribution in [0.2, 0.25) is 0 Å². The Morgan fingerprint density at radius 3 is 2.63 bits per heavy atom. The van der Waals surface area contributed by atoms with Gasteiger partial charge in [-0.25, -0.2) is 4.98 Å². The van der Waals surface area contributed by atoms with E-state index in [0.29, 0.717) is 18.1 Å². The van der Waals surface area contributed by atoms with Crippen molar-refractivity contribution in [3.8, 4) is 5.88 Å². The van der Waals surface area contributed by atoms with Gasteiger partial charge in [-0.1, -0.05) is 0 Å². The molecule has 2 aliphatic rings. The van der Waals surface area contributed by atoms with Crippen molar-refractivity contribution in [2.24, 2.45) is 5.92 Å². The molecule has 9 heteroatoms. The lowest BCUT2D eigenvalue weighted by molar-refractivity contribution is 0.122. The number of hydrogen-bond donors (Lipinski definition) is 1. The molecule has 0 radical (unpaired) electrons. The summed E-state index contributed by atoms with van der Waals surface area (Å²) in [5.41, 5.74) is 1.94. The number of morpholine rings is 1. The molecule has 0 spiro atoms. The van der Waals surface area contributed by atoms with Gasteiger partial charge in [0.15, 0.2) is 0 Å². The summed E-state index contributed by atoms with van der Waals surface area (Å²) in [5, 5.41) is 3.09. The van der Waals surface area contributed by atoms with E-state index in [1.807, 2.05) is 24.3 Å². The maximum absolute atomic E-state index is 14.1. The smallest absolute Gasteiger partial charge is 0.255 e. The van der Waals surface area contributed by atoms with Crippen LogP contribution in [0.25, 0.3) is 0 Å². The van der Waals surface area contributed by atoms with Gasteiger partial charge in [0, 0.05) is 36.0 Å². The third kappa shape index (κ3) is 5.40. The van der Waals surface area contributed by atoms with Crippen molar-refractivity contribution in [2.75, 3.05) is 54.6 Å². The Kier molecular flexibility index (Phi) is 6.38. The minimum absolute atomic E-state index is 0.0710. The molecular formula is C21H27FN4O3S. The van der Waals surface area contributed by atoms with Crippen LogP contribution in [0.5, 0.6) is 5.88 Å². The SMILES string of the molecule is C=S1(=O)CCC(COc2nc(Nc3ccc(N4CCOCC4)cc3)ncc2F)CC1. The summed E-state index contributed by atoms with van der Waals surface area (Å²) in [4.78, 5) is 10.5. The molecule has 3 heterocycles. The molecule has 0 unspecified atom stereocenters. The van der Waals surface area contributed by atoms with E-state index >= 15 is 0 Å². The van der Waals surface area contributed by atoms with E-state index in [-0.39, 0.29) is 17.7 Å². The number of halogens is 1. The molecule has 0 amide bonds. The van der Waals surface area contributed by atoms with Crippen LogP contribution in [-0.2, 0) is 14.3 Å². The Balaban J connectivity index is 1.35. The number of nitrogens with zero attached hydrogens (tertiary/aromatic N) is 3. The van der Waals surface area contributed by atoms with Gasteiger partial charge in [0.2, 0.25) is 11.8 Å². The number of ether oxygens (including phenoxy) is 2. The third-order valence-corrected chi connectivity index (χ3v) is 7.42. The van der Waals surface area contributed by atoms with Crippen LogP contribution >= 0.6 is 0 Å². The normalized spacial score (nSPS) is 24.4. The third-order valence-electron chi connectivity index (χ3n) is 5.46. The fourth-order valence-corrected chi connectivity index (χ4v) is 5.32. The first-order valence-electron chi connectivity index (χ1n) is 10.2. The Morgan fingerprint density at radius 1 is 1.23 bits per heavy atom. The quantitative estimate of drug-likeness (QED) is 0.701. The second kappa shape index (κ2) is 9.18. The van der Waals surface area contributed by atoms with E-state index in [4.69, 9.17) is 9.47 Å². The lowest BCUT2D eigenvalue weighted by Gasteiger charge is -2.28. The number of aromatic nitrogens is 2. The molecule has 2 fully saturated rings. The Hall–Kier alpha value is -2.39. The lowest BCUT2D eigenvalue weighted by Crippen LogP contribution is -2.36. The lowest BCUT2D eigenvalue weighted by atomic mass is 10.0. The van der Waals surface area contributed by atoms with E-state index in [9.17, 15) is 8.60 Å². The predicted molar refractivity (Wildman–Crippen MR) is 118 cm³/mol. The maximum atomic E-state index is 14.1. The summed E-state index contributed by atoms with van der Waals surface area (Å²) in [7, 11) is -1.93. The van der Waals surface area contributed by atoms with E-state index < -0.39 is 15.3 Å². The number of hydrogen-bond acceptors (Lipinski definition) is 7. The first kappa shape index (κ1) is 20.9. The summed E-state index contributed by atoms with van der Waals surface area (Å²) >= 11 is 0. The molecule has 1 aromatic heterocycles. The summed E-state index contributed by atoms with van der Waals surface area (Å²) in [5.74, 6) is 4.81. The van der Waals surface area contributed by atoms with Crippen LogP contribution in [-0.4, -0.2) is 64.5 Å². The van der Waals surface area contributed by atoms with Crippen LogP contribution in [0.3, 0.4) is 0 Å². The Bertz CT molecular complexity index is 949. The highest BCUT2D eigenvalue weighted by molar-refractivity contribution is 8.00. The molecule has 4 rings (SSSR count). The van der Waals surface area contributed by atoms with Crippen molar-refractivity contribution < 1.29 is 18.1 Å². The van der Waals surface area contributed by atoms with Gasteiger partial charge in [-0.05, 0) is 58.4 Å². The monoisotopic (exact) mass is 434 g/mol. The molecule has 2 aliphatic heterocycles. The molecule has 2 saturated heterocycles. The zero-order valence-electron chi connectivity index (χ0n) is 16.9. The largest absolute Gasteiger partial charge is 0.475 e. The number of anilines is 3. The average Bonchev–Trinajstić information content (AvgIpc) is 2.76. The molecule has 0 saturated carbocycles. The maximum Gasteiger partial charge on any atom is 0.255 e. The summed E-state index contributed by atoms with van der Waals surface area (Å²) in [6.45, 7) is 3.57. The second-order valence-electron chi connectivity index (χ2n) is 7.75. The Morgan fingerprint density at radius 2 is 1.93 bits per heavy atom. The van der Waals surface area contributed by atoms with Crippen molar-refractivity contribution in [1.82, 2.24) is 9.97 Å². The fraction of sp³-hybridized carbons (Fsp3) is 0.476. The number of benzene rings is 1. The van der Waals surface area contributed by atoms with Crippen LogP contribution in [0.1, 0.15) is 12.8 Å². The predicted octanol–water partition coefficient (Wildman–Crippen LogP) is 2.70. The zero-order chi connectivity index (χ0) is 21.0. The van der Waals surface area contributed by atoms with Crippen molar-refractivity contribution in [3.05, 3.63) is 36.3 Å². The van der Waals surface area contributed by atoms with E-state index in [1.54, 1.807) is 0 Å². The fourth-order valence-electron chi connectivity index (χ4n) is 3.59. The molecule has 0 aliphatic carbocycles. The summed E-state index contributed by atoms with van der Waals surface area (Å²) in [6.07, 6.45) is 2.65. The minimum atomic E-state index is -1.93. The highest BCUT2D eigenvalue weighted by Crippen LogP contribution is 2.24. The molecule has 30 heavy (non-hydrogen) atoms. The van der Waals surface area contributed by atoms with Gasteiger partial charge in [-0.2, -0.15) is 9.37 Å². The standard InChI is InChI=1S/C21H27FN4O3S/c1-30(27)12-6-16(7-13-30)15-29-20-19(22)14-23-21(25-20)24-17-2-4-18(5-3-17)26-8-10-28-11-9-26/h2-5,14,16H,1,6-13,15H2,(H,23,24,25). The van der Waals surface area contributed by atoms with Crippen molar-refractivity contribution >= 4 is 32.7 Å². The second-order valence-corrected chi connectivity index (χ2v) is 10.5. The molecule has 1 N–H and O–H groups in total. The highest BCUT2D eigenvalue weighted by Gasteiger charge is 2.21. The number of rotatable bonds is 6. The highest BCUT2D eigenvalue weighted by atomic mass is 32.2. The summed E-state index contributed by atoms with van der Waals surface area (Å²) in [6, 6.07) is 7.93. The molecule has 0 atom stereocenters. The van der Waals surface area contributed by atoms with Crippen LogP contribution in [0.15, 0.2) is 30.5 Å². The van der Waals surface area contributed by atoms with E-state index in [1.165, 1.54) is 0 Å². The van der Waals surface area contributed by atoms with Crippen molar-refractivity contribution in [3.63, 3.8) is 0 Å². The van der Waals surface area contributed by atoms with Crippen molar-refractivity contribution in [1.29, 1.82) is 0 Å². The average molecular weight is 435 g/mol. The van der Waals surface area contributed by atoms with E-state index in [0.717, 1.165) is 56.7 Å². The number of nitrogens with one attached hydrogen (secondary N) is 1. The van der Waals surface area contributed by atoms with Gasteiger partial charge in [0.25, 0.3) is 5.88 Å². The van der Waals surface area contributed by atoms with Gasteiger partial charge in [-0.3, -0.25) is 4.21 Å². The first-order valence-corrected chi connectivity index (χ1v) is 12.2. The first-order chi connectivity index (χ1) is 14.5. The van der Waals surface area contributed by atoms with Crippen LogP contribution < -0.4 is 15.0 Å². The molecule has 162 valence electrons. The van der Waals surface area contributed by atoms with Gasteiger partial charge in [0.1, 0.15) is 0 Å². The van der Waals surface area contributed by atoms with Gasteiger partial charge >= 0.3 is 0 Å². The molecule has 2 aromatic rings. The molecular weight excluding hydrogens is 407 g/mol. The van der Waals surface area contributed by atoms with Gasteiger partial charge in [0.05, 0.1) is 26.0 Å². The van der Waals surface area contributed by atoms with Gasteiger partial charge < -0.3 is 19.7 Å². The Labute approximate surface area is 176 Å². The minimum Gasteiger partial charge on any atom is -0.475 e. The molecule has 0 bridgehead atoms. The van der Waals surface area contributed by atoms with Crippen molar-refractivity contribution in [2.45, 2.75) is 12.8 Å². The molecule has 1 aromatic carbocycles. The summed E-state index contributed by atoms with van der Waals surface area (Å²) < 4.78 is 37.1. The molecule has 7 nitrogen and oxygen atoms in total. The topological polar surface area (TPSA) is 76.6 Å². The van der Waals surface area contributed by atoms with Gasteiger partial charge in [-0.15, -0.1) is 0 Å².